The van der Waals surface area contributed by atoms with Crippen molar-refractivity contribution in [2.75, 3.05) is 13.7 Å². The Morgan fingerprint density at radius 3 is 1.61 bits per heavy atom. The Hall–Kier alpha value is 0.451. The molecule has 0 unspecified atom stereocenters. The average molecular weight is 381 g/mol. The molecule has 5 nitrogen and oxygen atoms in total. The van der Waals surface area contributed by atoms with E-state index < -0.39 is 31.2 Å². The lowest BCUT2D eigenvalue weighted by molar-refractivity contribution is -0.149. The molecule has 0 aliphatic carbocycles. The van der Waals surface area contributed by atoms with Crippen molar-refractivity contribution < 1.29 is 22.8 Å². The van der Waals surface area contributed by atoms with Crippen molar-refractivity contribution in [3.8, 4) is 0 Å². The second-order valence-electron chi connectivity index (χ2n) is 9.09. The van der Waals surface area contributed by atoms with Crippen LogP contribution in [-0.2, 0) is 22.8 Å². The van der Waals surface area contributed by atoms with E-state index >= 15 is 0 Å². The number of methoxy groups -OCH3 is 1. The Bertz CT molecular complexity index is 373. The Balaban J connectivity index is 2.95. The number of ether oxygens (including phenoxy) is 2. The zero-order valence-corrected chi connectivity index (χ0v) is 19.6. The van der Waals surface area contributed by atoms with Gasteiger partial charge in [0.25, 0.3) is 0 Å². The zero-order chi connectivity index (χ0) is 18.1. The van der Waals surface area contributed by atoms with E-state index in [9.17, 15) is 0 Å². The van der Waals surface area contributed by atoms with Gasteiger partial charge >= 0.3 is 0 Å². The first-order valence-electron chi connectivity index (χ1n) is 8.40. The van der Waals surface area contributed by atoms with E-state index in [0.29, 0.717) is 6.61 Å². The summed E-state index contributed by atoms with van der Waals surface area (Å²) < 4.78 is 30.5. The van der Waals surface area contributed by atoms with Crippen LogP contribution >= 0.6 is 0 Å². The van der Waals surface area contributed by atoms with Gasteiger partial charge in [0.2, 0.25) is 0 Å². The van der Waals surface area contributed by atoms with Crippen molar-refractivity contribution in [1.29, 1.82) is 0 Å². The van der Waals surface area contributed by atoms with Gasteiger partial charge in [0.05, 0.1) is 6.61 Å². The molecule has 1 fully saturated rings. The van der Waals surface area contributed by atoms with Crippen molar-refractivity contribution in [2.45, 2.75) is 83.5 Å². The molecule has 4 atom stereocenters. The lowest BCUT2D eigenvalue weighted by atomic mass is 10.1. The molecule has 0 aromatic heterocycles. The van der Waals surface area contributed by atoms with E-state index in [0.717, 1.165) is 0 Å². The summed E-state index contributed by atoms with van der Waals surface area (Å²) in [5.41, 5.74) is 0. The van der Waals surface area contributed by atoms with Gasteiger partial charge in [0.1, 0.15) is 18.3 Å². The molecule has 0 spiro atoms. The highest BCUT2D eigenvalue weighted by molar-refractivity contribution is 6.70. The van der Waals surface area contributed by atoms with Crippen molar-refractivity contribution in [3.05, 3.63) is 0 Å². The van der Waals surface area contributed by atoms with Gasteiger partial charge in [-0.1, -0.05) is 0 Å². The van der Waals surface area contributed by atoms with E-state index in [1.165, 1.54) is 0 Å². The van der Waals surface area contributed by atoms with Crippen LogP contribution in [0.3, 0.4) is 0 Å². The molecule has 0 aromatic rings. The van der Waals surface area contributed by atoms with E-state index in [2.05, 4.69) is 58.9 Å². The Morgan fingerprint density at radius 1 is 0.739 bits per heavy atom. The fraction of sp³-hybridized carbons (Fsp3) is 1.00. The van der Waals surface area contributed by atoms with Crippen LogP contribution in [0.4, 0.5) is 0 Å². The minimum atomic E-state index is -1.74. The molecule has 0 saturated carbocycles. The first kappa shape index (κ1) is 21.5. The smallest absolute Gasteiger partial charge is 0.185 e. The summed E-state index contributed by atoms with van der Waals surface area (Å²) in [4.78, 5) is 0. The van der Waals surface area contributed by atoms with Gasteiger partial charge in [-0.15, -0.1) is 0 Å². The van der Waals surface area contributed by atoms with Crippen molar-refractivity contribution in [1.82, 2.24) is 0 Å². The fourth-order valence-corrected chi connectivity index (χ4v) is 5.26. The highest BCUT2D eigenvalue weighted by atomic mass is 28.4. The molecule has 1 rings (SSSR count). The molecule has 0 radical (unpaired) electrons. The van der Waals surface area contributed by atoms with Crippen molar-refractivity contribution in [2.24, 2.45) is 0 Å². The molecular weight excluding hydrogens is 344 g/mol. The summed E-state index contributed by atoms with van der Waals surface area (Å²) in [7, 11) is -3.43. The van der Waals surface area contributed by atoms with Gasteiger partial charge in [-0.3, -0.25) is 0 Å². The summed E-state index contributed by atoms with van der Waals surface area (Å²) in [6, 6.07) is 0. The summed E-state index contributed by atoms with van der Waals surface area (Å²) in [6.07, 6.45) is -0.846. The van der Waals surface area contributed by atoms with Crippen LogP contribution in [0.1, 0.15) is 0 Å². The highest BCUT2D eigenvalue weighted by Crippen LogP contribution is 2.32. The third-order valence-corrected chi connectivity index (χ3v) is 6.15. The van der Waals surface area contributed by atoms with Crippen LogP contribution in [0.15, 0.2) is 0 Å². The van der Waals surface area contributed by atoms with E-state index in [1.54, 1.807) is 7.11 Å². The third-order valence-electron chi connectivity index (χ3n) is 3.16. The maximum absolute atomic E-state index is 6.43. The van der Waals surface area contributed by atoms with Gasteiger partial charge in [-0.2, -0.15) is 0 Å². The van der Waals surface area contributed by atoms with Gasteiger partial charge < -0.3 is 22.8 Å². The lowest BCUT2D eigenvalue weighted by Crippen LogP contribution is -2.49. The van der Waals surface area contributed by atoms with Gasteiger partial charge in [-0.05, 0) is 58.9 Å². The van der Waals surface area contributed by atoms with Crippen molar-refractivity contribution >= 4 is 25.0 Å². The molecule has 0 bridgehead atoms. The minimum Gasteiger partial charge on any atom is -0.415 e. The number of hydrogen-bond acceptors (Lipinski definition) is 5. The second kappa shape index (κ2) is 7.77. The predicted molar refractivity (Wildman–Crippen MR) is 101 cm³/mol. The molecule has 1 saturated heterocycles. The monoisotopic (exact) mass is 380 g/mol. The van der Waals surface area contributed by atoms with E-state index in [1.807, 2.05) is 0 Å². The topological polar surface area (TPSA) is 46.2 Å². The van der Waals surface area contributed by atoms with Gasteiger partial charge in [0, 0.05) is 7.11 Å². The predicted octanol–water partition coefficient (Wildman–Crippen LogP) is 3.65. The lowest BCUT2D eigenvalue weighted by Gasteiger charge is -2.34. The molecule has 138 valence electrons. The molecule has 0 N–H and O–H groups in total. The van der Waals surface area contributed by atoms with Crippen LogP contribution in [0, 0.1) is 0 Å². The third kappa shape index (κ3) is 7.91. The molecule has 1 heterocycles. The Labute approximate surface area is 145 Å². The molecule has 1 aliphatic heterocycles. The minimum absolute atomic E-state index is 0.130. The maximum atomic E-state index is 6.43. The summed E-state index contributed by atoms with van der Waals surface area (Å²) >= 11 is 0. The fourth-order valence-electron chi connectivity index (χ4n) is 2.43. The number of rotatable bonds is 8. The Morgan fingerprint density at radius 2 is 1.22 bits per heavy atom. The maximum Gasteiger partial charge on any atom is 0.185 e. The van der Waals surface area contributed by atoms with Crippen LogP contribution in [0.5, 0.6) is 0 Å². The second-order valence-corrected chi connectivity index (χ2v) is 22.5. The highest BCUT2D eigenvalue weighted by Gasteiger charge is 2.49. The van der Waals surface area contributed by atoms with Gasteiger partial charge in [0.15, 0.2) is 31.2 Å². The first-order valence-corrected chi connectivity index (χ1v) is 18.6. The van der Waals surface area contributed by atoms with Crippen LogP contribution in [0.2, 0.25) is 58.9 Å². The van der Waals surface area contributed by atoms with E-state index in [4.69, 9.17) is 22.8 Å². The largest absolute Gasteiger partial charge is 0.415 e. The molecule has 23 heavy (non-hydrogen) atoms. The molecule has 8 heteroatoms. The first-order chi connectivity index (χ1) is 10.2. The molecule has 0 aromatic carbocycles. The summed E-state index contributed by atoms with van der Waals surface area (Å²) in [6.45, 7) is 20.2. The van der Waals surface area contributed by atoms with E-state index in [-0.39, 0.29) is 18.3 Å². The zero-order valence-electron chi connectivity index (χ0n) is 16.6. The average Bonchev–Trinajstić information content (AvgIpc) is 2.60. The standard InChI is InChI=1S/C15H36O5Si3/c1-16-15-14(20-23(8,9)10)13(19-22(5,6)7)12(18-15)11-17-21(2,3)4/h12-15H,11H2,1-10H3/t12-,13-,14+,15+/m1/s1. The van der Waals surface area contributed by atoms with Crippen LogP contribution in [0.25, 0.3) is 0 Å². The quantitative estimate of drug-likeness (QED) is 0.602. The van der Waals surface area contributed by atoms with Crippen molar-refractivity contribution in [3.63, 3.8) is 0 Å². The molecule has 1 aliphatic rings. The van der Waals surface area contributed by atoms with Crippen LogP contribution in [-0.4, -0.2) is 63.3 Å². The van der Waals surface area contributed by atoms with Gasteiger partial charge in [-0.25, -0.2) is 0 Å². The number of hydrogen-bond donors (Lipinski definition) is 0. The van der Waals surface area contributed by atoms with Crippen LogP contribution < -0.4 is 0 Å². The summed E-state index contributed by atoms with van der Waals surface area (Å²) in [5, 5.41) is 0. The Kier molecular flexibility index (Phi) is 7.27. The summed E-state index contributed by atoms with van der Waals surface area (Å²) in [5.74, 6) is 0. The normalized spacial score (nSPS) is 30.0. The molecule has 0 amide bonds. The SMILES string of the molecule is CO[C@H]1O[C@H](CO[Si](C)(C)C)[C@@H](O[Si](C)(C)C)[C@@H]1O[Si](C)(C)C. The molecular formula is C15H36O5Si3.